The lowest BCUT2D eigenvalue weighted by Crippen LogP contribution is -2.54. The number of benzene rings is 2. The number of nitrogens with one attached hydrogen (secondary N) is 2. The zero-order valence-corrected chi connectivity index (χ0v) is 18.3. The molecule has 2 aromatic rings. The van der Waals surface area contributed by atoms with Crippen LogP contribution in [0.4, 0.5) is 4.39 Å². The molecule has 2 fully saturated rings. The van der Waals surface area contributed by atoms with Crippen molar-refractivity contribution in [1.82, 2.24) is 15.5 Å². The van der Waals surface area contributed by atoms with Gasteiger partial charge in [-0.1, -0.05) is 12.1 Å². The van der Waals surface area contributed by atoms with Gasteiger partial charge in [0, 0.05) is 31.0 Å². The Labute approximate surface area is 189 Å². The van der Waals surface area contributed by atoms with Crippen LogP contribution in [0.5, 0.6) is 11.5 Å². The molecule has 7 nitrogen and oxygen atoms in total. The molecule has 9 heteroatoms. The molecule has 2 aromatic carbocycles. The van der Waals surface area contributed by atoms with Crippen molar-refractivity contribution in [1.29, 1.82) is 0 Å². The van der Waals surface area contributed by atoms with Gasteiger partial charge < -0.3 is 19.7 Å². The minimum Gasteiger partial charge on any atom is -0.454 e. The fourth-order valence-corrected chi connectivity index (χ4v) is 5.73. The molecule has 0 radical (unpaired) electrons. The molecule has 3 heterocycles. The van der Waals surface area contributed by atoms with Gasteiger partial charge in [0.15, 0.2) is 11.5 Å². The second-order valence-electron chi connectivity index (χ2n) is 8.21. The molecule has 2 saturated heterocycles. The summed E-state index contributed by atoms with van der Waals surface area (Å²) in [4.78, 5) is 26.9. The van der Waals surface area contributed by atoms with E-state index in [1.807, 2.05) is 18.2 Å². The van der Waals surface area contributed by atoms with Crippen LogP contribution in [0.15, 0.2) is 42.5 Å². The maximum atomic E-state index is 13.4. The van der Waals surface area contributed by atoms with Gasteiger partial charge in [-0.15, -0.1) is 11.8 Å². The topological polar surface area (TPSA) is 79.9 Å². The van der Waals surface area contributed by atoms with E-state index in [1.165, 1.54) is 12.1 Å². The third kappa shape index (κ3) is 4.27. The van der Waals surface area contributed by atoms with E-state index >= 15 is 0 Å². The van der Waals surface area contributed by atoms with E-state index in [0.717, 1.165) is 24.2 Å². The third-order valence-electron chi connectivity index (χ3n) is 6.11. The minimum atomic E-state index is -0.410. The van der Waals surface area contributed by atoms with E-state index in [9.17, 15) is 14.0 Å². The largest absolute Gasteiger partial charge is 0.454 e. The zero-order chi connectivity index (χ0) is 22.1. The first-order valence-corrected chi connectivity index (χ1v) is 11.6. The van der Waals surface area contributed by atoms with Crippen molar-refractivity contribution in [3.05, 3.63) is 59.4 Å². The Morgan fingerprint density at radius 2 is 1.97 bits per heavy atom. The van der Waals surface area contributed by atoms with Gasteiger partial charge in [-0.2, -0.15) is 0 Å². The number of thioether (sulfide) groups is 1. The lowest BCUT2D eigenvalue weighted by Gasteiger charge is -2.39. The smallest absolute Gasteiger partial charge is 0.253 e. The van der Waals surface area contributed by atoms with Crippen molar-refractivity contribution in [2.75, 3.05) is 25.6 Å². The normalized spacial score (nSPS) is 21.0. The summed E-state index contributed by atoms with van der Waals surface area (Å²) < 4.78 is 24.1. The zero-order valence-electron chi connectivity index (χ0n) is 17.4. The summed E-state index contributed by atoms with van der Waals surface area (Å²) >= 11 is 1.75. The fourth-order valence-electron chi connectivity index (χ4n) is 4.31. The quantitative estimate of drug-likeness (QED) is 0.735. The summed E-state index contributed by atoms with van der Waals surface area (Å²) in [6, 6.07) is 11.2. The summed E-state index contributed by atoms with van der Waals surface area (Å²) in [5.74, 6) is 1.51. The Kier molecular flexibility index (Phi) is 5.69. The Bertz CT molecular complexity index is 1040. The summed E-state index contributed by atoms with van der Waals surface area (Å²) in [5.41, 5.74) is 1.32. The number of fused-ring (bicyclic) bond motifs is 1. The van der Waals surface area contributed by atoms with Gasteiger partial charge in [-0.25, -0.2) is 4.39 Å². The number of ether oxygens (including phenoxy) is 2. The van der Waals surface area contributed by atoms with Crippen LogP contribution in [0.1, 0.15) is 28.8 Å². The van der Waals surface area contributed by atoms with Gasteiger partial charge in [0.05, 0.1) is 10.9 Å². The van der Waals surface area contributed by atoms with Crippen molar-refractivity contribution >= 4 is 23.6 Å². The van der Waals surface area contributed by atoms with E-state index in [0.29, 0.717) is 36.7 Å². The molecule has 1 atom stereocenters. The van der Waals surface area contributed by atoms with Gasteiger partial charge in [-0.3, -0.25) is 14.9 Å². The molecule has 1 spiro atoms. The number of amides is 2. The summed E-state index contributed by atoms with van der Waals surface area (Å²) in [7, 11) is 0. The molecule has 1 unspecified atom stereocenters. The molecule has 2 N–H and O–H groups in total. The van der Waals surface area contributed by atoms with Crippen molar-refractivity contribution in [3.63, 3.8) is 0 Å². The maximum absolute atomic E-state index is 13.4. The fraction of sp³-hybridized carbons (Fsp3) is 0.391. The number of nitrogens with zero attached hydrogens (tertiary/aromatic N) is 1. The standard InChI is InChI=1S/C23H24FN3O4S/c24-17-3-1-2-16(11-17)22(29)27-8-6-23(7-9-27)26-18(13-32-23)21(28)25-12-15-4-5-19-20(10-15)31-14-30-19/h1-5,10-11,18,26H,6-9,12-14H2,(H,25,28). The Morgan fingerprint density at radius 1 is 1.16 bits per heavy atom. The molecule has 0 aromatic heterocycles. The summed E-state index contributed by atoms with van der Waals surface area (Å²) in [6.07, 6.45) is 1.48. The van der Waals surface area contributed by atoms with Crippen molar-refractivity contribution in [3.8, 4) is 11.5 Å². The van der Waals surface area contributed by atoms with E-state index in [-0.39, 0.29) is 29.5 Å². The second kappa shape index (κ2) is 8.63. The molecule has 2 amide bonds. The monoisotopic (exact) mass is 457 g/mol. The molecule has 3 aliphatic rings. The van der Waals surface area contributed by atoms with E-state index in [2.05, 4.69) is 10.6 Å². The number of carbonyl (C=O) groups excluding carboxylic acids is 2. The van der Waals surface area contributed by atoms with Crippen LogP contribution in [-0.2, 0) is 11.3 Å². The molecular formula is C23H24FN3O4S. The highest BCUT2D eigenvalue weighted by molar-refractivity contribution is 8.01. The van der Waals surface area contributed by atoms with Crippen LogP contribution in [0.2, 0.25) is 0 Å². The van der Waals surface area contributed by atoms with Gasteiger partial charge in [-0.05, 0) is 48.7 Å². The Balaban J connectivity index is 1.13. The highest BCUT2D eigenvalue weighted by atomic mass is 32.2. The van der Waals surface area contributed by atoms with Gasteiger partial charge in [0.1, 0.15) is 5.82 Å². The predicted octanol–water partition coefficient (Wildman–Crippen LogP) is 2.51. The first kappa shape index (κ1) is 21.1. The van der Waals surface area contributed by atoms with Gasteiger partial charge >= 0.3 is 0 Å². The van der Waals surface area contributed by atoms with Crippen LogP contribution >= 0.6 is 11.8 Å². The van der Waals surface area contributed by atoms with E-state index in [1.54, 1.807) is 28.8 Å². The number of hydrogen-bond donors (Lipinski definition) is 2. The number of rotatable bonds is 4. The van der Waals surface area contributed by atoms with Crippen LogP contribution in [0.25, 0.3) is 0 Å². The predicted molar refractivity (Wildman–Crippen MR) is 118 cm³/mol. The number of likely N-dealkylation sites (tertiary alicyclic amines) is 1. The molecule has 32 heavy (non-hydrogen) atoms. The Hall–Kier alpha value is -2.78. The van der Waals surface area contributed by atoms with Crippen molar-refractivity contribution in [2.24, 2.45) is 0 Å². The molecule has 168 valence electrons. The van der Waals surface area contributed by atoms with Crippen molar-refractivity contribution < 1.29 is 23.5 Å². The average Bonchev–Trinajstić information content (AvgIpc) is 3.44. The van der Waals surface area contributed by atoms with Crippen LogP contribution < -0.4 is 20.1 Å². The SMILES string of the molecule is O=C(NCc1ccc2c(c1)OCO2)C1CSC2(CCN(C(=O)c3cccc(F)c3)CC2)N1. The van der Waals surface area contributed by atoms with E-state index in [4.69, 9.17) is 9.47 Å². The average molecular weight is 458 g/mol. The molecule has 5 rings (SSSR count). The van der Waals surface area contributed by atoms with E-state index < -0.39 is 5.82 Å². The number of halogens is 1. The summed E-state index contributed by atoms with van der Waals surface area (Å²) in [5, 5.41) is 6.50. The number of hydrogen-bond acceptors (Lipinski definition) is 6. The van der Waals surface area contributed by atoms with Crippen LogP contribution in [0.3, 0.4) is 0 Å². The van der Waals surface area contributed by atoms with Gasteiger partial charge in [0.25, 0.3) is 5.91 Å². The first-order chi connectivity index (χ1) is 15.5. The molecule has 0 bridgehead atoms. The second-order valence-corrected chi connectivity index (χ2v) is 9.61. The van der Waals surface area contributed by atoms with Gasteiger partial charge in [0.2, 0.25) is 12.7 Å². The van der Waals surface area contributed by atoms with Crippen LogP contribution in [-0.4, -0.2) is 53.3 Å². The summed E-state index contributed by atoms with van der Waals surface area (Å²) in [6.45, 7) is 1.78. The molecule has 0 saturated carbocycles. The first-order valence-electron chi connectivity index (χ1n) is 10.6. The molecular weight excluding hydrogens is 433 g/mol. The molecule has 3 aliphatic heterocycles. The lowest BCUT2D eigenvalue weighted by atomic mass is 10.0. The van der Waals surface area contributed by atoms with Crippen molar-refractivity contribution in [2.45, 2.75) is 30.3 Å². The minimum absolute atomic E-state index is 0.0368. The molecule has 0 aliphatic carbocycles. The number of carbonyl (C=O) groups is 2. The lowest BCUT2D eigenvalue weighted by molar-refractivity contribution is -0.122. The number of piperidine rings is 1. The maximum Gasteiger partial charge on any atom is 0.253 e. The third-order valence-corrected chi connectivity index (χ3v) is 7.69. The highest BCUT2D eigenvalue weighted by Gasteiger charge is 2.44. The highest BCUT2D eigenvalue weighted by Crippen LogP contribution is 2.39. The van der Waals surface area contributed by atoms with Crippen LogP contribution in [0, 0.1) is 5.82 Å². The Morgan fingerprint density at radius 3 is 2.78 bits per heavy atom.